The maximum atomic E-state index is 10.7. The van der Waals surface area contributed by atoms with Crippen LogP contribution in [-0.4, -0.2) is 43.4 Å². The first kappa shape index (κ1) is 49.3. The van der Waals surface area contributed by atoms with Gasteiger partial charge in [-0.15, -0.1) is 0 Å². The molecule has 21 rings (SSSR count). The highest BCUT2D eigenvalue weighted by molar-refractivity contribution is 6.34. The Balaban J connectivity index is 0.825. The van der Waals surface area contributed by atoms with E-state index >= 15 is 0 Å². The molecule has 2 aliphatic carbocycles. The van der Waals surface area contributed by atoms with E-state index in [1.54, 1.807) is 12.4 Å². The molecule has 0 aliphatic heterocycles. The number of nitrogens with zero attached hydrogens (tertiary/aromatic N) is 11. The smallest absolute Gasteiger partial charge is 0.236 e. The average Bonchev–Trinajstić information content (AvgIpc) is 1.52. The van der Waals surface area contributed by atoms with Gasteiger partial charge in [0.2, 0.25) is 11.9 Å². The first-order chi connectivity index (χ1) is 45.5. The molecule has 92 heavy (non-hydrogen) atoms. The lowest BCUT2D eigenvalue weighted by Crippen LogP contribution is -2.07. The minimum Gasteiger partial charge on any atom is -0.308 e. The van der Waals surface area contributed by atoms with Gasteiger partial charge in [-0.2, -0.15) is 15.5 Å². The van der Waals surface area contributed by atoms with Crippen LogP contribution in [0.25, 0.3) is 182 Å². The SMILES string of the molecule is N#Cc1ccc(-c2nc(-n3c4cc5cc(-c6ccc7c(c6)C6CCc8c(cc9c%10cc%11ccccc%11cc%10n(-c%10nc(C#N)c%11ncccc%11n%10)c9c8-7)-c7ccccc76)ccc5cc4c4cc5c6ccccc6n6c7ccccc7c(c43)c56)nc3cccnc23)cc1. The van der Waals surface area contributed by atoms with Crippen molar-refractivity contribution in [1.29, 1.82) is 10.5 Å². The topological polar surface area (TPSA) is 139 Å². The third-order valence-electron chi connectivity index (χ3n) is 20.1. The van der Waals surface area contributed by atoms with Gasteiger partial charge < -0.3 is 4.40 Å². The van der Waals surface area contributed by atoms with Gasteiger partial charge in [0.25, 0.3) is 0 Å². The van der Waals surface area contributed by atoms with Crippen molar-refractivity contribution < 1.29 is 0 Å². The number of hydrogen-bond acceptors (Lipinski definition) is 8. The van der Waals surface area contributed by atoms with Crippen molar-refractivity contribution in [2.24, 2.45) is 0 Å². The summed E-state index contributed by atoms with van der Waals surface area (Å²) in [6, 6.07) is 83.2. The first-order valence-corrected chi connectivity index (χ1v) is 31.0. The summed E-state index contributed by atoms with van der Waals surface area (Å²) in [6.07, 6.45) is 5.28. The molecular formula is C81H43N11. The Morgan fingerprint density at radius 3 is 1.84 bits per heavy atom. The van der Waals surface area contributed by atoms with Crippen LogP contribution in [0.5, 0.6) is 0 Å². The van der Waals surface area contributed by atoms with Crippen molar-refractivity contribution in [2.75, 3.05) is 0 Å². The molecule has 11 heteroatoms. The van der Waals surface area contributed by atoms with Gasteiger partial charge >= 0.3 is 0 Å². The molecule has 2 bridgehead atoms. The molecule has 0 saturated heterocycles. The monoisotopic (exact) mass is 1170 g/mol. The Kier molecular flexibility index (Phi) is 9.64. The van der Waals surface area contributed by atoms with Crippen LogP contribution in [0.4, 0.5) is 0 Å². The van der Waals surface area contributed by atoms with Gasteiger partial charge in [0, 0.05) is 72.5 Å². The van der Waals surface area contributed by atoms with Crippen LogP contribution in [0, 0.1) is 22.7 Å². The maximum Gasteiger partial charge on any atom is 0.236 e. The molecule has 1 atom stereocenters. The normalized spacial score (nSPS) is 13.7. The van der Waals surface area contributed by atoms with Crippen molar-refractivity contribution in [1.82, 2.24) is 43.4 Å². The van der Waals surface area contributed by atoms with E-state index in [1.165, 1.54) is 55.2 Å². The fourth-order valence-corrected chi connectivity index (χ4v) is 16.2. The Morgan fingerprint density at radius 2 is 1.03 bits per heavy atom. The number of aromatic nitrogens is 9. The minimum atomic E-state index is 0.100. The van der Waals surface area contributed by atoms with Crippen LogP contribution < -0.4 is 0 Å². The zero-order valence-electron chi connectivity index (χ0n) is 48.9. The highest BCUT2D eigenvalue weighted by Gasteiger charge is 2.36. The molecule has 1 unspecified atom stereocenters. The number of rotatable bonds is 4. The Hall–Kier alpha value is -12.7. The molecule has 0 saturated carbocycles. The van der Waals surface area contributed by atoms with Crippen molar-refractivity contribution in [2.45, 2.75) is 18.8 Å². The van der Waals surface area contributed by atoms with Crippen LogP contribution in [0.2, 0.25) is 0 Å². The average molecular weight is 1170 g/mol. The molecule has 422 valence electrons. The maximum absolute atomic E-state index is 10.7. The third-order valence-corrected chi connectivity index (χ3v) is 20.1. The first-order valence-electron chi connectivity index (χ1n) is 31.0. The van der Waals surface area contributed by atoms with Gasteiger partial charge in [-0.25, -0.2) is 15.0 Å². The van der Waals surface area contributed by atoms with E-state index in [2.05, 4.69) is 201 Å². The zero-order chi connectivity index (χ0) is 60.2. The number of nitriles is 2. The largest absolute Gasteiger partial charge is 0.308 e. The molecule has 11 aromatic carbocycles. The van der Waals surface area contributed by atoms with E-state index in [4.69, 9.17) is 24.9 Å². The van der Waals surface area contributed by atoms with Crippen molar-refractivity contribution in [3.63, 3.8) is 0 Å². The van der Waals surface area contributed by atoms with E-state index in [-0.39, 0.29) is 11.6 Å². The zero-order valence-corrected chi connectivity index (χ0v) is 48.9. The van der Waals surface area contributed by atoms with E-state index < -0.39 is 0 Å². The molecule has 19 aromatic rings. The van der Waals surface area contributed by atoms with Gasteiger partial charge in [0.1, 0.15) is 22.8 Å². The summed E-state index contributed by atoms with van der Waals surface area (Å²) in [6.45, 7) is 0. The molecule has 0 N–H and O–H groups in total. The van der Waals surface area contributed by atoms with Gasteiger partial charge in [-0.3, -0.25) is 19.1 Å². The second kappa shape index (κ2) is 18.0. The fraction of sp³-hybridized carbons (Fsp3) is 0.0370. The number of hydrogen-bond donors (Lipinski definition) is 0. The molecule has 8 aromatic heterocycles. The van der Waals surface area contributed by atoms with Crippen LogP contribution in [0.1, 0.15) is 40.3 Å². The Bertz CT molecular complexity index is 6670. The van der Waals surface area contributed by atoms with Crippen LogP contribution in [0.15, 0.2) is 231 Å². The molecule has 0 fully saturated rings. The number of benzene rings is 11. The predicted octanol–water partition coefficient (Wildman–Crippen LogP) is 18.8. The third kappa shape index (κ3) is 6.54. The number of fused-ring (bicyclic) bond motifs is 26. The summed E-state index contributed by atoms with van der Waals surface area (Å²) in [5, 5.41) is 34.1. The molecule has 0 radical (unpaired) electrons. The standard InChI is InChI=1S/C81H43N11/c82-41-43-21-23-44(24-22-43)74-76-66(18-10-32-85-76)87-81(89-74)92-71-38-50-33-47(25-26-49(50)36-61(71)64-40-62-54-15-5-7-19-68(54)90-69-20-8-6-16-57(69)73(78(62)90)79(64)92)48-27-28-55-58(34-48)53-29-30-56-59(52-14-4-3-13-51(52)53)39-63-60-35-45-11-1-2-12-46(45)37-70(60)91(77(63)72(55)56)80-86-65-17-9-31-84-75(65)67(42-83)88-80/h1-28,31-40,53H,29-30H2. The summed E-state index contributed by atoms with van der Waals surface area (Å²) >= 11 is 0. The van der Waals surface area contributed by atoms with E-state index in [1.807, 2.05) is 48.5 Å². The van der Waals surface area contributed by atoms with E-state index in [9.17, 15) is 10.5 Å². The fourth-order valence-electron chi connectivity index (χ4n) is 16.2. The summed E-state index contributed by atoms with van der Waals surface area (Å²) in [4.78, 5) is 30.8. The van der Waals surface area contributed by atoms with Crippen LogP contribution in [-0.2, 0) is 6.42 Å². The van der Waals surface area contributed by atoms with Gasteiger partial charge in [-0.1, -0.05) is 121 Å². The Morgan fingerprint density at radius 1 is 0.402 bits per heavy atom. The molecule has 11 nitrogen and oxygen atoms in total. The molecular weight excluding hydrogens is 1130 g/mol. The summed E-state index contributed by atoms with van der Waals surface area (Å²) < 4.78 is 6.96. The number of pyridine rings is 2. The molecule has 8 heterocycles. The molecule has 0 spiro atoms. The molecule has 2 aliphatic rings. The lowest BCUT2D eigenvalue weighted by Gasteiger charge is -2.25. The van der Waals surface area contributed by atoms with Gasteiger partial charge in [0.05, 0.1) is 61.3 Å². The van der Waals surface area contributed by atoms with E-state index in [0.29, 0.717) is 45.2 Å². The van der Waals surface area contributed by atoms with Gasteiger partial charge in [-0.05, 0) is 176 Å². The Labute approximate surface area is 522 Å². The van der Waals surface area contributed by atoms with Crippen molar-refractivity contribution in [3.8, 4) is 68.7 Å². The summed E-state index contributed by atoms with van der Waals surface area (Å²) in [5.41, 5.74) is 23.3. The summed E-state index contributed by atoms with van der Waals surface area (Å²) in [7, 11) is 0. The lowest BCUT2D eigenvalue weighted by molar-refractivity contribution is 0.736. The van der Waals surface area contributed by atoms with Crippen molar-refractivity contribution >= 4 is 125 Å². The molecule has 0 amide bonds. The second-order valence-electron chi connectivity index (χ2n) is 24.7. The van der Waals surface area contributed by atoms with Crippen LogP contribution in [0.3, 0.4) is 0 Å². The van der Waals surface area contributed by atoms with E-state index in [0.717, 1.165) is 116 Å². The predicted molar refractivity (Wildman–Crippen MR) is 368 cm³/mol. The second-order valence-corrected chi connectivity index (χ2v) is 24.7. The highest BCUT2D eigenvalue weighted by Crippen LogP contribution is 2.55. The van der Waals surface area contributed by atoms with Crippen LogP contribution >= 0.6 is 0 Å². The number of para-hydroxylation sites is 2. The van der Waals surface area contributed by atoms with Gasteiger partial charge in [0.15, 0.2) is 5.69 Å². The quantitative estimate of drug-likeness (QED) is 0.170. The lowest BCUT2D eigenvalue weighted by atomic mass is 9.79. The minimum absolute atomic E-state index is 0.100. The summed E-state index contributed by atoms with van der Waals surface area (Å²) in [5.74, 6) is 1.07. The van der Waals surface area contributed by atoms with Crippen molar-refractivity contribution in [3.05, 3.63) is 259 Å². The highest BCUT2D eigenvalue weighted by atomic mass is 15.2.